The van der Waals surface area contributed by atoms with Gasteiger partial charge in [-0.25, -0.2) is 4.98 Å². The average molecular weight is 488 g/mol. The molecule has 0 spiro atoms. The van der Waals surface area contributed by atoms with Gasteiger partial charge in [-0.15, -0.1) is 11.3 Å². The van der Waals surface area contributed by atoms with Gasteiger partial charge in [-0.05, 0) is 68.0 Å². The molecule has 35 heavy (non-hydrogen) atoms. The fourth-order valence-electron chi connectivity index (χ4n) is 4.79. The highest BCUT2D eigenvalue weighted by molar-refractivity contribution is 7.15. The third-order valence-corrected chi connectivity index (χ3v) is 7.77. The van der Waals surface area contributed by atoms with Gasteiger partial charge in [0.05, 0.1) is 5.52 Å². The second-order valence-electron chi connectivity index (χ2n) is 9.41. The molecule has 1 aliphatic rings. The molecule has 184 valence electrons. The van der Waals surface area contributed by atoms with Crippen molar-refractivity contribution in [3.05, 3.63) is 71.6 Å². The van der Waals surface area contributed by atoms with E-state index in [0.717, 1.165) is 54.5 Å². The van der Waals surface area contributed by atoms with Gasteiger partial charge in [0.15, 0.2) is 0 Å². The van der Waals surface area contributed by atoms with Crippen molar-refractivity contribution < 1.29 is 0 Å². The largest absolute Gasteiger partial charge is 0.362 e. The van der Waals surface area contributed by atoms with Crippen LogP contribution in [0.3, 0.4) is 0 Å². The Morgan fingerprint density at radius 3 is 2.40 bits per heavy atom. The predicted octanol–water partition coefficient (Wildman–Crippen LogP) is 6.82. The predicted molar refractivity (Wildman–Crippen MR) is 151 cm³/mol. The molecule has 5 rings (SSSR count). The second kappa shape index (κ2) is 11.6. The smallest absolute Gasteiger partial charge is 0.225 e. The summed E-state index contributed by atoms with van der Waals surface area (Å²) in [6.07, 6.45) is 4.80. The Morgan fingerprint density at radius 2 is 1.63 bits per heavy atom. The van der Waals surface area contributed by atoms with Crippen molar-refractivity contribution in [1.29, 1.82) is 0 Å². The number of thiophene rings is 1. The molecule has 0 radical (unpaired) electrons. The van der Waals surface area contributed by atoms with E-state index in [0.29, 0.717) is 6.04 Å². The first-order chi connectivity index (χ1) is 16.7. The monoisotopic (exact) mass is 487 g/mol. The van der Waals surface area contributed by atoms with E-state index in [1.807, 2.05) is 37.6 Å². The summed E-state index contributed by atoms with van der Waals surface area (Å²) >= 11 is 1.89. The lowest BCUT2D eigenvalue weighted by molar-refractivity contribution is 0.324. The van der Waals surface area contributed by atoms with E-state index in [4.69, 9.17) is 9.97 Å². The van der Waals surface area contributed by atoms with Crippen molar-refractivity contribution in [1.82, 2.24) is 15.3 Å². The van der Waals surface area contributed by atoms with Crippen LogP contribution in [0.25, 0.3) is 21.3 Å². The van der Waals surface area contributed by atoms with Crippen LogP contribution < -0.4 is 15.5 Å². The maximum atomic E-state index is 4.81. The van der Waals surface area contributed by atoms with Crippen LogP contribution in [0.15, 0.2) is 66.7 Å². The van der Waals surface area contributed by atoms with Gasteiger partial charge in [-0.1, -0.05) is 49.9 Å². The molecule has 0 saturated heterocycles. The molecule has 0 aliphatic heterocycles. The molecular formula is C29H37N5S. The number of anilines is 2. The van der Waals surface area contributed by atoms with Gasteiger partial charge in [0.25, 0.3) is 0 Å². The molecule has 0 unspecified atom stereocenters. The molecule has 4 aromatic rings. The second-order valence-corrected chi connectivity index (χ2v) is 10.6. The first-order valence-electron chi connectivity index (χ1n) is 12.2. The van der Waals surface area contributed by atoms with E-state index in [2.05, 4.69) is 70.1 Å². The van der Waals surface area contributed by atoms with Crippen LogP contribution in [-0.4, -0.2) is 36.6 Å². The molecule has 0 atom stereocenters. The molecule has 0 amide bonds. The van der Waals surface area contributed by atoms with E-state index >= 15 is 0 Å². The number of para-hydroxylation sites is 1. The Kier molecular flexibility index (Phi) is 8.37. The summed E-state index contributed by atoms with van der Waals surface area (Å²) < 4.78 is 0. The van der Waals surface area contributed by atoms with Crippen LogP contribution in [0.1, 0.15) is 38.0 Å². The summed E-state index contributed by atoms with van der Waals surface area (Å²) in [7, 11) is 4.07. The molecule has 2 aromatic carbocycles. The molecule has 6 heteroatoms. The van der Waals surface area contributed by atoms with Gasteiger partial charge in [-0.2, -0.15) is 4.98 Å². The maximum absolute atomic E-state index is 4.81. The standard InChI is InChI=1S/C28H33N5S.CH4/c1-33(2)27-24-10-6-7-11-25(24)31-28(32-27)30-22-14-12-20(13-15-22)18-29-19-23-16-17-26(34-23)21-8-4-3-5-9-21;/h3-11,16-17,20,22,29H,12-15,18-19H2,1-2H3,(H,30,31,32);1H4. The summed E-state index contributed by atoms with van der Waals surface area (Å²) in [4.78, 5) is 14.4. The highest BCUT2D eigenvalue weighted by Crippen LogP contribution is 2.30. The van der Waals surface area contributed by atoms with Crippen LogP contribution in [0.4, 0.5) is 11.8 Å². The Morgan fingerprint density at radius 1 is 0.886 bits per heavy atom. The minimum atomic E-state index is 0. The number of benzene rings is 2. The highest BCUT2D eigenvalue weighted by atomic mass is 32.1. The van der Waals surface area contributed by atoms with Crippen LogP contribution in [0.2, 0.25) is 0 Å². The van der Waals surface area contributed by atoms with Crippen LogP contribution in [-0.2, 0) is 6.54 Å². The fraction of sp³-hybridized carbons (Fsp3) is 0.379. The van der Waals surface area contributed by atoms with Gasteiger partial charge < -0.3 is 15.5 Å². The van der Waals surface area contributed by atoms with Crippen LogP contribution >= 0.6 is 11.3 Å². The summed E-state index contributed by atoms with van der Waals surface area (Å²) in [5, 5.41) is 8.41. The van der Waals surface area contributed by atoms with E-state index < -0.39 is 0 Å². The zero-order chi connectivity index (χ0) is 23.3. The molecule has 0 bridgehead atoms. The van der Waals surface area contributed by atoms with Crippen LogP contribution in [0.5, 0.6) is 0 Å². The first kappa shape index (κ1) is 25.1. The third kappa shape index (κ3) is 6.19. The zero-order valence-corrected chi connectivity index (χ0v) is 20.8. The van der Waals surface area contributed by atoms with Crippen molar-refractivity contribution in [2.45, 2.75) is 45.7 Å². The van der Waals surface area contributed by atoms with Crippen molar-refractivity contribution in [2.75, 3.05) is 30.9 Å². The van der Waals surface area contributed by atoms with Crippen molar-refractivity contribution in [3.8, 4) is 10.4 Å². The van der Waals surface area contributed by atoms with Crippen molar-refractivity contribution in [3.63, 3.8) is 0 Å². The normalized spacial score (nSPS) is 17.7. The lowest BCUT2D eigenvalue weighted by Gasteiger charge is -2.29. The van der Waals surface area contributed by atoms with E-state index in [9.17, 15) is 0 Å². The van der Waals surface area contributed by atoms with Gasteiger partial charge in [0.2, 0.25) is 5.95 Å². The lowest BCUT2D eigenvalue weighted by Crippen LogP contribution is -2.31. The van der Waals surface area contributed by atoms with Gasteiger partial charge in [0, 0.05) is 41.8 Å². The highest BCUT2D eigenvalue weighted by Gasteiger charge is 2.22. The maximum Gasteiger partial charge on any atom is 0.225 e. The number of fused-ring (bicyclic) bond motifs is 1. The Labute approximate surface area is 213 Å². The number of rotatable bonds is 8. The number of hydrogen-bond donors (Lipinski definition) is 2. The summed E-state index contributed by atoms with van der Waals surface area (Å²) in [5.74, 6) is 2.45. The number of nitrogens with zero attached hydrogens (tertiary/aromatic N) is 3. The fourth-order valence-corrected chi connectivity index (χ4v) is 5.77. The summed E-state index contributed by atoms with van der Waals surface area (Å²) in [6.45, 7) is 2.04. The molecular weight excluding hydrogens is 450 g/mol. The van der Waals surface area contributed by atoms with E-state index in [1.54, 1.807) is 0 Å². The lowest BCUT2D eigenvalue weighted by atomic mass is 9.86. The molecule has 1 fully saturated rings. The molecule has 2 N–H and O–H groups in total. The topological polar surface area (TPSA) is 53.1 Å². The van der Waals surface area contributed by atoms with Gasteiger partial charge in [0.1, 0.15) is 5.82 Å². The first-order valence-corrected chi connectivity index (χ1v) is 13.0. The van der Waals surface area contributed by atoms with E-state index in [1.165, 1.54) is 28.2 Å². The van der Waals surface area contributed by atoms with Gasteiger partial charge in [-0.3, -0.25) is 0 Å². The minimum Gasteiger partial charge on any atom is -0.362 e. The zero-order valence-electron chi connectivity index (χ0n) is 20.0. The molecule has 1 saturated carbocycles. The quantitative estimate of drug-likeness (QED) is 0.286. The Balaban J connectivity index is 0.00000289. The van der Waals surface area contributed by atoms with Crippen molar-refractivity contribution in [2.24, 2.45) is 5.92 Å². The van der Waals surface area contributed by atoms with Gasteiger partial charge >= 0.3 is 0 Å². The van der Waals surface area contributed by atoms with Crippen LogP contribution in [0, 0.1) is 5.92 Å². The number of nitrogens with one attached hydrogen (secondary N) is 2. The molecule has 2 aromatic heterocycles. The average Bonchev–Trinajstić information content (AvgIpc) is 3.34. The molecule has 5 nitrogen and oxygen atoms in total. The van der Waals surface area contributed by atoms with Crippen molar-refractivity contribution >= 4 is 34.0 Å². The molecule has 1 aliphatic carbocycles. The number of hydrogen-bond acceptors (Lipinski definition) is 6. The summed E-state index contributed by atoms with van der Waals surface area (Å²) in [5.41, 5.74) is 2.29. The molecule has 2 heterocycles. The SMILES string of the molecule is C.CN(C)c1nc(NC2CCC(CNCc3ccc(-c4ccccc4)s3)CC2)nc2ccccc12. The third-order valence-electron chi connectivity index (χ3n) is 6.64. The Hall–Kier alpha value is -2.96. The minimum absolute atomic E-state index is 0. The van der Waals surface area contributed by atoms with E-state index in [-0.39, 0.29) is 7.43 Å². The number of aromatic nitrogens is 2. The summed E-state index contributed by atoms with van der Waals surface area (Å²) in [6, 6.07) is 23.8. The Bertz CT molecular complexity index is 1210.